The first kappa shape index (κ1) is 16.4. The van der Waals surface area contributed by atoms with Crippen LogP contribution in [0.15, 0.2) is 17.7 Å². The first-order valence-electron chi connectivity index (χ1n) is 6.90. The van der Waals surface area contributed by atoms with Crippen LogP contribution in [-0.4, -0.2) is 34.4 Å². The molecule has 1 rings (SSSR count). The van der Waals surface area contributed by atoms with Gasteiger partial charge >= 0.3 is 0 Å². The predicted octanol–water partition coefficient (Wildman–Crippen LogP) is 3.12. The Morgan fingerprint density at radius 2 is 1.75 bits per heavy atom. The molecular weight excluding hydrogens is 254 g/mol. The Morgan fingerprint density at radius 1 is 1.05 bits per heavy atom. The van der Waals surface area contributed by atoms with Crippen LogP contribution in [0.2, 0.25) is 0 Å². The van der Waals surface area contributed by atoms with Crippen molar-refractivity contribution in [2.24, 2.45) is 0 Å². The number of rotatable bonds is 8. The summed E-state index contributed by atoms with van der Waals surface area (Å²) in [6.45, 7) is 6.09. The fourth-order valence-corrected chi connectivity index (χ4v) is 2.02. The van der Waals surface area contributed by atoms with Crippen LogP contribution in [0.3, 0.4) is 0 Å². The summed E-state index contributed by atoms with van der Waals surface area (Å²) in [5.74, 6) is 2.00. The Morgan fingerprint density at radius 3 is 2.25 bits per heavy atom. The fourth-order valence-electron chi connectivity index (χ4n) is 2.02. The van der Waals surface area contributed by atoms with E-state index in [1.807, 2.05) is 12.1 Å². The summed E-state index contributed by atoms with van der Waals surface area (Å²) in [4.78, 5) is 0. The summed E-state index contributed by atoms with van der Waals surface area (Å²) >= 11 is 0. The first-order chi connectivity index (χ1) is 9.71. The molecule has 4 heteroatoms. The number of hydrogen-bond donors (Lipinski definition) is 1. The molecule has 4 nitrogen and oxygen atoms in total. The Labute approximate surface area is 121 Å². The third-order valence-electron chi connectivity index (χ3n) is 3.15. The van der Waals surface area contributed by atoms with E-state index in [0.29, 0.717) is 17.2 Å². The molecule has 0 saturated carbocycles. The molecule has 0 radical (unpaired) electrons. The molecule has 112 valence electrons. The van der Waals surface area contributed by atoms with E-state index >= 15 is 0 Å². The van der Waals surface area contributed by atoms with Gasteiger partial charge in [-0.15, -0.1) is 0 Å². The fraction of sp³-hybridized carbons (Fsp3) is 0.500. The zero-order valence-corrected chi connectivity index (χ0v) is 13.1. The van der Waals surface area contributed by atoms with Gasteiger partial charge in [-0.05, 0) is 25.1 Å². The van der Waals surface area contributed by atoms with Crippen molar-refractivity contribution in [2.45, 2.75) is 20.3 Å². The van der Waals surface area contributed by atoms with Gasteiger partial charge in [0.1, 0.15) is 0 Å². The minimum Gasteiger partial charge on any atom is -0.493 e. The van der Waals surface area contributed by atoms with Gasteiger partial charge in [-0.1, -0.05) is 25.5 Å². The molecule has 0 atom stereocenters. The smallest absolute Gasteiger partial charge is 0.203 e. The van der Waals surface area contributed by atoms with E-state index in [9.17, 15) is 0 Å². The molecule has 1 N–H and O–H groups in total. The summed E-state index contributed by atoms with van der Waals surface area (Å²) < 4.78 is 16.2. The molecule has 0 aliphatic heterocycles. The van der Waals surface area contributed by atoms with Gasteiger partial charge in [0.25, 0.3) is 0 Å². The molecule has 0 saturated heterocycles. The van der Waals surface area contributed by atoms with Crippen molar-refractivity contribution in [2.75, 3.05) is 34.4 Å². The van der Waals surface area contributed by atoms with Crippen LogP contribution in [-0.2, 0) is 0 Å². The van der Waals surface area contributed by atoms with Gasteiger partial charge < -0.3 is 19.5 Å². The zero-order valence-electron chi connectivity index (χ0n) is 13.1. The van der Waals surface area contributed by atoms with Gasteiger partial charge in [0.2, 0.25) is 5.75 Å². The summed E-state index contributed by atoms with van der Waals surface area (Å²) in [5, 5.41) is 3.34. The highest BCUT2D eigenvalue weighted by atomic mass is 16.5. The molecule has 0 amide bonds. The lowest BCUT2D eigenvalue weighted by Gasteiger charge is -2.15. The molecule has 0 fully saturated rings. The number of likely N-dealkylation sites (N-methyl/N-ethyl adjacent to an activating group) is 1. The van der Waals surface area contributed by atoms with E-state index in [0.717, 1.165) is 25.1 Å². The average molecular weight is 279 g/mol. The van der Waals surface area contributed by atoms with Crippen molar-refractivity contribution < 1.29 is 14.2 Å². The zero-order chi connectivity index (χ0) is 15.0. The van der Waals surface area contributed by atoms with Crippen LogP contribution < -0.4 is 19.5 Å². The minimum atomic E-state index is 0.627. The van der Waals surface area contributed by atoms with Crippen molar-refractivity contribution in [3.63, 3.8) is 0 Å². The first-order valence-corrected chi connectivity index (χ1v) is 6.90. The Kier molecular flexibility index (Phi) is 6.94. The van der Waals surface area contributed by atoms with E-state index in [4.69, 9.17) is 14.2 Å². The van der Waals surface area contributed by atoms with Crippen molar-refractivity contribution in [3.05, 3.63) is 23.3 Å². The lowest BCUT2D eigenvalue weighted by molar-refractivity contribution is 0.324. The van der Waals surface area contributed by atoms with Gasteiger partial charge in [0.05, 0.1) is 21.3 Å². The monoisotopic (exact) mass is 279 g/mol. The number of benzene rings is 1. The summed E-state index contributed by atoms with van der Waals surface area (Å²) in [6.07, 6.45) is 3.13. The van der Waals surface area contributed by atoms with Gasteiger partial charge in [0, 0.05) is 12.1 Å². The van der Waals surface area contributed by atoms with Crippen LogP contribution in [0, 0.1) is 0 Å². The molecule has 1 aromatic rings. The molecule has 0 aliphatic carbocycles. The van der Waals surface area contributed by atoms with Crippen LogP contribution >= 0.6 is 0 Å². The summed E-state index contributed by atoms with van der Waals surface area (Å²) in [5.41, 5.74) is 2.32. The Balaban J connectivity index is 3.20. The largest absolute Gasteiger partial charge is 0.493 e. The molecule has 0 bridgehead atoms. The molecular formula is C16H25NO3. The Hall–Kier alpha value is -1.68. The molecule has 0 unspecified atom stereocenters. The summed E-state index contributed by atoms with van der Waals surface area (Å²) in [7, 11) is 4.88. The highest BCUT2D eigenvalue weighted by molar-refractivity contribution is 5.68. The van der Waals surface area contributed by atoms with Crippen LogP contribution in [0.4, 0.5) is 0 Å². The summed E-state index contributed by atoms with van der Waals surface area (Å²) in [6, 6.07) is 3.88. The highest BCUT2D eigenvalue weighted by Crippen LogP contribution is 2.40. The van der Waals surface area contributed by atoms with E-state index in [-0.39, 0.29) is 0 Å². The standard InChI is InChI=1S/C16H25NO3/c1-6-12(11-17-7-2)10-13-8-9-14(18-3)16(20-5)15(13)19-4/h8-10,17H,6-7,11H2,1-5H3. The lowest BCUT2D eigenvalue weighted by Crippen LogP contribution is -2.15. The van der Waals surface area contributed by atoms with Crippen LogP contribution in [0.1, 0.15) is 25.8 Å². The predicted molar refractivity (Wildman–Crippen MR) is 82.9 cm³/mol. The van der Waals surface area contributed by atoms with Gasteiger partial charge in [-0.25, -0.2) is 0 Å². The van der Waals surface area contributed by atoms with E-state index in [2.05, 4.69) is 25.2 Å². The molecule has 0 aliphatic rings. The third-order valence-corrected chi connectivity index (χ3v) is 3.15. The number of nitrogens with one attached hydrogen (secondary N) is 1. The van der Waals surface area contributed by atoms with Crippen molar-refractivity contribution >= 4 is 6.08 Å². The number of hydrogen-bond acceptors (Lipinski definition) is 4. The average Bonchev–Trinajstić information content (AvgIpc) is 2.50. The second-order valence-corrected chi connectivity index (χ2v) is 4.36. The van der Waals surface area contributed by atoms with Crippen LogP contribution in [0.5, 0.6) is 17.2 Å². The number of methoxy groups -OCH3 is 3. The van der Waals surface area contributed by atoms with Gasteiger partial charge in [0.15, 0.2) is 11.5 Å². The van der Waals surface area contributed by atoms with Crippen molar-refractivity contribution in [1.82, 2.24) is 5.32 Å². The molecule has 0 aromatic heterocycles. The highest BCUT2D eigenvalue weighted by Gasteiger charge is 2.14. The van der Waals surface area contributed by atoms with E-state index in [1.165, 1.54) is 5.57 Å². The molecule has 20 heavy (non-hydrogen) atoms. The maximum atomic E-state index is 5.49. The maximum Gasteiger partial charge on any atom is 0.203 e. The third kappa shape index (κ3) is 3.90. The Bertz CT molecular complexity index is 455. The SMILES string of the molecule is CCNCC(=Cc1ccc(OC)c(OC)c1OC)CC. The molecule has 0 spiro atoms. The minimum absolute atomic E-state index is 0.627. The lowest BCUT2D eigenvalue weighted by atomic mass is 10.1. The maximum absolute atomic E-state index is 5.49. The second kappa shape index (κ2) is 8.48. The quantitative estimate of drug-likeness (QED) is 0.793. The van der Waals surface area contributed by atoms with E-state index in [1.54, 1.807) is 21.3 Å². The topological polar surface area (TPSA) is 39.7 Å². The molecule has 1 aromatic carbocycles. The van der Waals surface area contributed by atoms with Crippen LogP contribution in [0.25, 0.3) is 6.08 Å². The normalized spacial score (nSPS) is 11.3. The number of ether oxygens (including phenoxy) is 3. The van der Waals surface area contributed by atoms with Crippen molar-refractivity contribution in [1.29, 1.82) is 0 Å². The van der Waals surface area contributed by atoms with Crippen molar-refractivity contribution in [3.8, 4) is 17.2 Å². The second-order valence-electron chi connectivity index (χ2n) is 4.36. The van der Waals surface area contributed by atoms with Gasteiger partial charge in [-0.3, -0.25) is 0 Å². The molecule has 0 heterocycles. The van der Waals surface area contributed by atoms with E-state index < -0.39 is 0 Å². The van der Waals surface area contributed by atoms with Gasteiger partial charge in [-0.2, -0.15) is 0 Å².